The molecule has 146 valence electrons. The standard InChI is InChI=1S/C23H42OS/c1-3-5-6-7-8-9-10-11-12-13-14-15-16-17-18-19-20-23(22-24)25-21-4-2/h5-6,8-9,11-12,23-24H,3-4,7,10,13-22H2,1-2H3. The average molecular weight is 367 g/mol. The SMILES string of the molecule is CCC=CCC=CCC=CCCCCCCCCC(CO)SCCC. The van der Waals surface area contributed by atoms with E-state index in [2.05, 4.69) is 50.3 Å². The van der Waals surface area contributed by atoms with Crippen LogP contribution in [0.4, 0.5) is 0 Å². The van der Waals surface area contributed by atoms with E-state index in [-0.39, 0.29) is 0 Å². The molecule has 0 amide bonds. The number of aliphatic hydroxyl groups excluding tert-OH is 1. The van der Waals surface area contributed by atoms with Gasteiger partial charge >= 0.3 is 0 Å². The highest BCUT2D eigenvalue weighted by Gasteiger charge is 2.06. The molecule has 1 nitrogen and oxygen atoms in total. The lowest BCUT2D eigenvalue weighted by Crippen LogP contribution is -2.09. The maximum Gasteiger partial charge on any atom is 0.0550 e. The molecule has 0 radical (unpaired) electrons. The Morgan fingerprint density at radius 1 is 0.760 bits per heavy atom. The summed E-state index contributed by atoms with van der Waals surface area (Å²) in [5.74, 6) is 1.18. The smallest absolute Gasteiger partial charge is 0.0550 e. The monoisotopic (exact) mass is 366 g/mol. The van der Waals surface area contributed by atoms with Crippen LogP contribution in [0.15, 0.2) is 36.5 Å². The molecule has 1 atom stereocenters. The Balaban J connectivity index is 3.32. The van der Waals surface area contributed by atoms with Crippen molar-refractivity contribution in [2.75, 3.05) is 12.4 Å². The van der Waals surface area contributed by atoms with Gasteiger partial charge in [-0.3, -0.25) is 0 Å². The zero-order valence-corrected chi connectivity index (χ0v) is 17.6. The molecule has 0 rings (SSSR count). The molecule has 0 aliphatic heterocycles. The summed E-state index contributed by atoms with van der Waals surface area (Å²) >= 11 is 1.94. The molecule has 0 bridgehead atoms. The van der Waals surface area contributed by atoms with E-state index >= 15 is 0 Å². The molecule has 0 aromatic rings. The highest BCUT2D eigenvalue weighted by atomic mass is 32.2. The van der Waals surface area contributed by atoms with Gasteiger partial charge in [-0.1, -0.05) is 82.4 Å². The lowest BCUT2D eigenvalue weighted by atomic mass is 10.1. The van der Waals surface area contributed by atoms with Crippen LogP contribution in [0.3, 0.4) is 0 Å². The van der Waals surface area contributed by atoms with E-state index in [9.17, 15) is 5.11 Å². The summed E-state index contributed by atoms with van der Waals surface area (Å²) in [6.45, 7) is 4.73. The third-order valence-electron chi connectivity index (χ3n) is 4.19. The summed E-state index contributed by atoms with van der Waals surface area (Å²) in [4.78, 5) is 0. The zero-order chi connectivity index (χ0) is 18.4. The third kappa shape index (κ3) is 19.7. The van der Waals surface area contributed by atoms with Crippen molar-refractivity contribution in [3.05, 3.63) is 36.5 Å². The number of rotatable bonds is 18. The van der Waals surface area contributed by atoms with Gasteiger partial charge in [0.15, 0.2) is 0 Å². The predicted octanol–water partition coefficient (Wildman–Crippen LogP) is 7.47. The Morgan fingerprint density at radius 3 is 2.00 bits per heavy atom. The van der Waals surface area contributed by atoms with Gasteiger partial charge in [0.25, 0.3) is 0 Å². The van der Waals surface area contributed by atoms with Gasteiger partial charge in [0.2, 0.25) is 0 Å². The summed E-state index contributed by atoms with van der Waals surface area (Å²) in [6.07, 6.45) is 28.5. The quantitative estimate of drug-likeness (QED) is 0.200. The van der Waals surface area contributed by atoms with Crippen molar-refractivity contribution < 1.29 is 5.11 Å². The first-order valence-electron chi connectivity index (χ1n) is 10.5. The third-order valence-corrected chi connectivity index (χ3v) is 5.69. The Morgan fingerprint density at radius 2 is 1.36 bits per heavy atom. The second kappa shape index (κ2) is 21.6. The number of aliphatic hydroxyl groups is 1. The lowest BCUT2D eigenvalue weighted by molar-refractivity contribution is 0.288. The molecule has 0 aliphatic carbocycles. The first-order valence-corrected chi connectivity index (χ1v) is 11.6. The average Bonchev–Trinajstić information content (AvgIpc) is 2.63. The number of unbranched alkanes of at least 4 members (excludes halogenated alkanes) is 6. The molecular weight excluding hydrogens is 324 g/mol. The fourth-order valence-electron chi connectivity index (χ4n) is 2.68. The van der Waals surface area contributed by atoms with Crippen molar-refractivity contribution in [3.8, 4) is 0 Å². The molecule has 0 saturated carbocycles. The number of thioether (sulfide) groups is 1. The molecule has 0 aromatic carbocycles. The molecular formula is C23H42OS. The Hall–Kier alpha value is -0.470. The van der Waals surface area contributed by atoms with Crippen LogP contribution in [0.1, 0.15) is 90.9 Å². The Labute approximate surface area is 162 Å². The van der Waals surface area contributed by atoms with Crippen LogP contribution in [0, 0.1) is 0 Å². The van der Waals surface area contributed by atoms with Gasteiger partial charge in [0, 0.05) is 5.25 Å². The molecule has 1 unspecified atom stereocenters. The minimum absolute atomic E-state index is 0.349. The van der Waals surface area contributed by atoms with E-state index in [0.29, 0.717) is 11.9 Å². The molecule has 1 N–H and O–H groups in total. The van der Waals surface area contributed by atoms with Crippen LogP contribution < -0.4 is 0 Å². The zero-order valence-electron chi connectivity index (χ0n) is 16.8. The summed E-state index contributed by atoms with van der Waals surface area (Å²) in [5.41, 5.74) is 0. The first kappa shape index (κ1) is 24.5. The van der Waals surface area contributed by atoms with Crippen molar-refractivity contribution in [1.29, 1.82) is 0 Å². The predicted molar refractivity (Wildman–Crippen MR) is 118 cm³/mol. The van der Waals surface area contributed by atoms with E-state index in [1.165, 1.54) is 63.5 Å². The number of hydrogen-bond donors (Lipinski definition) is 1. The van der Waals surface area contributed by atoms with Crippen molar-refractivity contribution in [2.45, 2.75) is 96.1 Å². The van der Waals surface area contributed by atoms with Gasteiger partial charge in [-0.25, -0.2) is 0 Å². The Bertz CT molecular complexity index is 333. The van der Waals surface area contributed by atoms with Gasteiger partial charge in [0.1, 0.15) is 0 Å². The van der Waals surface area contributed by atoms with E-state index in [1.54, 1.807) is 0 Å². The topological polar surface area (TPSA) is 20.2 Å². The molecule has 0 heterocycles. The minimum atomic E-state index is 0.349. The van der Waals surface area contributed by atoms with E-state index < -0.39 is 0 Å². The maximum absolute atomic E-state index is 9.34. The van der Waals surface area contributed by atoms with Crippen LogP contribution in [0.25, 0.3) is 0 Å². The van der Waals surface area contributed by atoms with Crippen molar-refractivity contribution in [1.82, 2.24) is 0 Å². The fraction of sp³-hybridized carbons (Fsp3) is 0.739. The van der Waals surface area contributed by atoms with Gasteiger partial charge in [0.05, 0.1) is 6.61 Å². The highest BCUT2D eigenvalue weighted by Crippen LogP contribution is 2.19. The fourth-order valence-corrected chi connectivity index (χ4v) is 3.69. The van der Waals surface area contributed by atoms with Crippen molar-refractivity contribution in [2.24, 2.45) is 0 Å². The van der Waals surface area contributed by atoms with E-state index in [4.69, 9.17) is 0 Å². The molecule has 0 aromatic heterocycles. The van der Waals surface area contributed by atoms with Gasteiger partial charge < -0.3 is 5.11 Å². The largest absolute Gasteiger partial charge is 0.395 e. The summed E-state index contributed by atoms with van der Waals surface area (Å²) in [7, 11) is 0. The van der Waals surface area contributed by atoms with Crippen molar-refractivity contribution in [3.63, 3.8) is 0 Å². The van der Waals surface area contributed by atoms with E-state index in [0.717, 1.165) is 19.3 Å². The Kier molecular flexibility index (Phi) is 21.2. The van der Waals surface area contributed by atoms with Crippen LogP contribution >= 0.6 is 11.8 Å². The molecule has 2 heteroatoms. The summed E-state index contributed by atoms with van der Waals surface area (Å²) in [5, 5.41) is 9.82. The van der Waals surface area contributed by atoms with Gasteiger partial charge in [-0.2, -0.15) is 11.8 Å². The highest BCUT2D eigenvalue weighted by molar-refractivity contribution is 7.99. The summed E-state index contributed by atoms with van der Waals surface area (Å²) in [6, 6.07) is 0. The number of hydrogen-bond acceptors (Lipinski definition) is 2. The van der Waals surface area contributed by atoms with Gasteiger partial charge in [-0.15, -0.1) is 0 Å². The van der Waals surface area contributed by atoms with Crippen LogP contribution in [-0.4, -0.2) is 22.7 Å². The summed E-state index contributed by atoms with van der Waals surface area (Å²) < 4.78 is 0. The minimum Gasteiger partial charge on any atom is -0.395 e. The normalized spacial score (nSPS) is 13.6. The second-order valence-electron chi connectivity index (χ2n) is 6.67. The van der Waals surface area contributed by atoms with Gasteiger partial charge in [-0.05, 0) is 50.7 Å². The van der Waals surface area contributed by atoms with E-state index in [1.807, 2.05) is 11.8 Å². The molecule has 0 spiro atoms. The van der Waals surface area contributed by atoms with Crippen LogP contribution in [-0.2, 0) is 0 Å². The first-order chi connectivity index (χ1) is 12.3. The second-order valence-corrected chi connectivity index (χ2v) is 8.08. The maximum atomic E-state index is 9.34. The molecule has 0 aliphatic rings. The molecule has 0 saturated heterocycles. The van der Waals surface area contributed by atoms with Crippen LogP contribution in [0.5, 0.6) is 0 Å². The van der Waals surface area contributed by atoms with Crippen LogP contribution in [0.2, 0.25) is 0 Å². The molecule has 0 fully saturated rings. The lowest BCUT2D eigenvalue weighted by Gasteiger charge is -2.12. The van der Waals surface area contributed by atoms with Crippen molar-refractivity contribution >= 4 is 11.8 Å². The molecule has 25 heavy (non-hydrogen) atoms. The number of allylic oxidation sites excluding steroid dienone is 6.